The fourth-order valence-electron chi connectivity index (χ4n) is 2.01. The first kappa shape index (κ1) is 10.2. The summed E-state index contributed by atoms with van der Waals surface area (Å²) in [7, 11) is 1.38. The van der Waals surface area contributed by atoms with Crippen LogP contribution in [0.15, 0.2) is 30.3 Å². The van der Waals surface area contributed by atoms with Gasteiger partial charge in [0.15, 0.2) is 0 Å². The van der Waals surface area contributed by atoms with Gasteiger partial charge in [0.1, 0.15) is 6.04 Å². The van der Waals surface area contributed by atoms with E-state index in [1.165, 1.54) is 12.7 Å². The van der Waals surface area contributed by atoms with Crippen molar-refractivity contribution < 1.29 is 9.53 Å². The summed E-state index contributed by atoms with van der Waals surface area (Å²) in [5, 5.41) is 0. The molecule has 15 heavy (non-hydrogen) atoms. The molecule has 80 valence electrons. The van der Waals surface area contributed by atoms with E-state index in [0.29, 0.717) is 5.92 Å². The molecule has 1 fully saturated rings. The third-order valence-electron chi connectivity index (χ3n) is 3.00. The van der Waals surface area contributed by atoms with Crippen LogP contribution in [0.5, 0.6) is 0 Å². The number of ether oxygens (including phenoxy) is 1. The molecule has 0 amide bonds. The number of carbonyl (C=O) groups is 1. The van der Waals surface area contributed by atoms with Gasteiger partial charge in [0.2, 0.25) is 0 Å². The summed E-state index contributed by atoms with van der Waals surface area (Å²) in [6, 6.07) is 9.69. The van der Waals surface area contributed by atoms with Gasteiger partial charge in [0, 0.05) is 0 Å². The van der Waals surface area contributed by atoms with E-state index < -0.39 is 6.04 Å². The first-order valence-corrected chi connectivity index (χ1v) is 5.12. The topological polar surface area (TPSA) is 52.3 Å². The number of methoxy groups -OCH3 is 1. The van der Waals surface area contributed by atoms with Crippen LogP contribution in [0, 0.1) is 5.92 Å². The highest BCUT2D eigenvalue weighted by Gasteiger charge is 2.45. The minimum absolute atomic E-state index is 0.250. The van der Waals surface area contributed by atoms with E-state index in [1.54, 1.807) is 0 Å². The van der Waals surface area contributed by atoms with Crippen LogP contribution in [0.4, 0.5) is 0 Å². The van der Waals surface area contributed by atoms with Gasteiger partial charge in [0.25, 0.3) is 0 Å². The highest BCUT2D eigenvalue weighted by Crippen LogP contribution is 2.49. The Morgan fingerprint density at radius 3 is 2.73 bits per heavy atom. The van der Waals surface area contributed by atoms with Crippen LogP contribution >= 0.6 is 0 Å². The molecule has 0 heterocycles. The van der Waals surface area contributed by atoms with Gasteiger partial charge >= 0.3 is 5.97 Å². The quantitative estimate of drug-likeness (QED) is 0.756. The fourth-order valence-corrected chi connectivity index (χ4v) is 2.01. The van der Waals surface area contributed by atoms with Crippen molar-refractivity contribution in [2.24, 2.45) is 11.7 Å². The maximum atomic E-state index is 11.2. The minimum Gasteiger partial charge on any atom is -0.468 e. The molecule has 0 aliphatic heterocycles. The van der Waals surface area contributed by atoms with Gasteiger partial charge in [-0.25, -0.2) is 0 Å². The number of carbonyl (C=O) groups excluding carboxylic acids is 1. The molecule has 1 aliphatic carbocycles. The van der Waals surface area contributed by atoms with E-state index in [0.717, 1.165) is 6.42 Å². The molecule has 0 aromatic heterocycles. The Morgan fingerprint density at radius 2 is 2.13 bits per heavy atom. The molecule has 3 heteroatoms. The average Bonchev–Trinajstić information content (AvgIpc) is 3.08. The average molecular weight is 205 g/mol. The molecule has 3 atom stereocenters. The second kappa shape index (κ2) is 4.03. The monoisotopic (exact) mass is 205 g/mol. The normalized spacial score (nSPS) is 25.7. The second-order valence-electron chi connectivity index (χ2n) is 3.97. The Hall–Kier alpha value is -1.35. The first-order chi connectivity index (χ1) is 7.24. The van der Waals surface area contributed by atoms with Crippen LogP contribution in [0.25, 0.3) is 0 Å². The van der Waals surface area contributed by atoms with Crippen molar-refractivity contribution in [2.45, 2.75) is 18.4 Å². The Balaban J connectivity index is 1.99. The van der Waals surface area contributed by atoms with Crippen LogP contribution < -0.4 is 5.73 Å². The molecule has 1 aromatic carbocycles. The minimum atomic E-state index is -0.472. The van der Waals surface area contributed by atoms with Gasteiger partial charge in [-0.1, -0.05) is 30.3 Å². The summed E-state index contributed by atoms with van der Waals surface area (Å²) in [6.45, 7) is 0. The maximum absolute atomic E-state index is 11.2. The molecule has 1 aromatic rings. The molecular formula is C12H15NO2. The molecule has 0 spiro atoms. The molecule has 0 radical (unpaired) electrons. The van der Waals surface area contributed by atoms with Gasteiger partial charge in [-0.2, -0.15) is 0 Å². The SMILES string of the molecule is COC(=O)C(N)C1CC1c1ccccc1. The molecule has 0 bridgehead atoms. The molecule has 2 N–H and O–H groups in total. The zero-order valence-corrected chi connectivity index (χ0v) is 8.72. The van der Waals surface area contributed by atoms with Crippen molar-refractivity contribution in [2.75, 3.05) is 7.11 Å². The third kappa shape index (κ3) is 2.02. The third-order valence-corrected chi connectivity index (χ3v) is 3.00. The number of benzene rings is 1. The van der Waals surface area contributed by atoms with Crippen molar-refractivity contribution in [1.82, 2.24) is 0 Å². The Labute approximate surface area is 89.2 Å². The van der Waals surface area contributed by atoms with Crippen molar-refractivity contribution in [3.63, 3.8) is 0 Å². The van der Waals surface area contributed by atoms with Crippen molar-refractivity contribution in [3.8, 4) is 0 Å². The van der Waals surface area contributed by atoms with Gasteiger partial charge in [-0.3, -0.25) is 4.79 Å². The smallest absolute Gasteiger partial charge is 0.322 e. The lowest BCUT2D eigenvalue weighted by Crippen LogP contribution is -2.34. The lowest BCUT2D eigenvalue weighted by Gasteiger charge is -2.08. The summed E-state index contributed by atoms with van der Waals surface area (Å²) in [5.74, 6) is 0.374. The lowest BCUT2D eigenvalue weighted by molar-refractivity contribution is -0.142. The zero-order valence-electron chi connectivity index (χ0n) is 8.72. The molecule has 1 aliphatic rings. The summed E-state index contributed by atoms with van der Waals surface area (Å²) in [6.07, 6.45) is 0.986. The predicted octanol–water partition coefficient (Wildman–Crippen LogP) is 1.29. The fraction of sp³-hybridized carbons (Fsp3) is 0.417. The van der Waals surface area contributed by atoms with Gasteiger partial charge in [0.05, 0.1) is 7.11 Å². The second-order valence-corrected chi connectivity index (χ2v) is 3.97. The lowest BCUT2D eigenvalue weighted by atomic mass is 10.1. The first-order valence-electron chi connectivity index (χ1n) is 5.12. The van der Waals surface area contributed by atoms with E-state index >= 15 is 0 Å². The Morgan fingerprint density at radius 1 is 1.47 bits per heavy atom. The van der Waals surface area contributed by atoms with E-state index in [1.807, 2.05) is 18.2 Å². The highest BCUT2D eigenvalue weighted by molar-refractivity contribution is 5.76. The summed E-state index contributed by atoms with van der Waals surface area (Å²) in [4.78, 5) is 11.2. The van der Waals surface area contributed by atoms with Crippen LogP contribution in [-0.2, 0) is 9.53 Å². The van der Waals surface area contributed by atoms with Crippen LogP contribution in [-0.4, -0.2) is 19.1 Å². The van der Waals surface area contributed by atoms with E-state index in [2.05, 4.69) is 16.9 Å². The highest BCUT2D eigenvalue weighted by atomic mass is 16.5. The standard InChI is InChI=1S/C12H15NO2/c1-15-12(14)11(13)10-7-9(10)8-5-3-2-4-6-8/h2-6,9-11H,7,13H2,1H3. The summed E-state index contributed by atoms with van der Waals surface area (Å²) >= 11 is 0. The van der Waals surface area contributed by atoms with E-state index in [9.17, 15) is 4.79 Å². The molecule has 2 rings (SSSR count). The number of esters is 1. The van der Waals surface area contributed by atoms with Crippen LogP contribution in [0.3, 0.4) is 0 Å². The van der Waals surface area contributed by atoms with Crippen molar-refractivity contribution in [1.29, 1.82) is 0 Å². The Bertz CT molecular complexity index is 350. The predicted molar refractivity (Wildman–Crippen MR) is 57.3 cm³/mol. The largest absolute Gasteiger partial charge is 0.468 e. The van der Waals surface area contributed by atoms with E-state index in [-0.39, 0.29) is 11.9 Å². The van der Waals surface area contributed by atoms with Crippen molar-refractivity contribution >= 4 is 5.97 Å². The zero-order chi connectivity index (χ0) is 10.8. The Kier molecular flexibility index (Phi) is 2.73. The molecular weight excluding hydrogens is 190 g/mol. The van der Waals surface area contributed by atoms with E-state index in [4.69, 9.17) is 5.73 Å². The van der Waals surface area contributed by atoms with Crippen molar-refractivity contribution in [3.05, 3.63) is 35.9 Å². The molecule has 3 nitrogen and oxygen atoms in total. The molecule has 1 saturated carbocycles. The van der Waals surface area contributed by atoms with Crippen LogP contribution in [0.2, 0.25) is 0 Å². The maximum Gasteiger partial charge on any atom is 0.322 e. The summed E-state index contributed by atoms with van der Waals surface area (Å²) in [5.41, 5.74) is 7.05. The number of hydrogen-bond donors (Lipinski definition) is 1. The van der Waals surface area contributed by atoms with Gasteiger partial charge < -0.3 is 10.5 Å². The number of nitrogens with two attached hydrogens (primary N) is 1. The number of hydrogen-bond acceptors (Lipinski definition) is 3. The molecule has 3 unspecified atom stereocenters. The van der Waals surface area contributed by atoms with Gasteiger partial charge in [-0.05, 0) is 23.8 Å². The molecule has 0 saturated heterocycles. The van der Waals surface area contributed by atoms with Crippen LogP contribution in [0.1, 0.15) is 17.9 Å². The summed E-state index contributed by atoms with van der Waals surface area (Å²) < 4.78 is 4.63. The van der Waals surface area contributed by atoms with Gasteiger partial charge in [-0.15, -0.1) is 0 Å². The number of rotatable bonds is 3.